The molecule has 1 amide bonds. The van der Waals surface area contributed by atoms with Gasteiger partial charge >= 0.3 is 0 Å². The molecule has 1 atom stereocenters. The van der Waals surface area contributed by atoms with E-state index < -0.39 is 9.84 Å². The van der Waals surface area contributed by atoms with Gasteiger partial charge < -0.3 is 4.90 Å². The molecule has 0 aliphatic carbocycles. The van der Waals surface area contributed by atoms with E-state index in [0.29, 0.717) is 18.9 Å². The van der Waals surface area contributed by atoms with Gasteiger partial charge in [0, 0.05) is 18.7 Å². The molecule has 0 radical (unpaired) electrons. The topological polar surface area (TPSA) is 54.5 Å². The van der Waals surface area contributed by atoms with Gasteiger partial charge in [0.25, 0.3) is 0 Å². The second-order valence-corrected chi connectivity index (χ2v) is 12.4. The Hall–Kier alpha value is -2.40. The van der Waals surface area contributed by atoms with Gasteiger partial charge in [-0.15, -0.1) is 0 Å². The summed E-state index contributed by atoms with van der Waals surface area (Å²) in [6.45, 7) is 11.2. The van der Waals surface area contributed by atoms with E-state index in [-0.39, 0.29) is 28.9 Å². The van der Waals surface area contributed by atoms with Crippen molar-refractivity contribution in [2.75, 3.05) is 11.5 Å². The van der Waals surface area contributed by atoms with Crippen molar-refractivity contribution in [3.63, 3.8) is 0 Å². The average molecular weight is 454 g/mol. The number of sulfone groups is 1. The van der Waals surface area contributed by atoms with Crippen molar-refractivity contribution in [2.24, 2.45) is 0 Å². The van der Waals surface area contributed by atoms with Gasteiger partial charge in [0.15, 0.2) is 9.84 Å². The molecule has 0 aromatic heterocycles. The lowest BCUT2D eigenvalue weighted by Gasteiger charge is -2.27. The van der Waals surface area contributed by atoms with Crippen molar-refractivity contribution in [3.05, 3.63) is 76.9 Å². The van der Waals surface area contributed by atoms with Gasteiger partial charge in [-0.3, -0.25) is 4.79 Å². The molecule has 5 heteroatoms. The highest BCUT2D eigenvalue weighted by Crippen LogP contribution is 2.24. The molecule has 1 aliphatic heterocycles. The van der Waals surface area contributed by atoms with E-state index >= 15 is 0 Å². The molecular weight excluding hydrogens is 418 g/mol. The van der Waals surface area contributed by atoms with Crippen LogP contribution < -0.4 is 0 Å². The van der Waals surface area contributed by atoms with Crippen molar-refractivity contribution in [1.82, 2.24) is 4.90 Å². The highest BCUT2D eigenvalue weighted by atomic mass is 32.2. The Kier molecular flexibility index (Phi) is 7.29. The second kappa shape index (κ2) is 9.62. The fourth-order valence-corrected chi connectivity index (χ4v) is 5.70. The molecule has 1 saturated heterocycles. The Morgan fingerprint density at radius 3 is 2.19 bits per heavy atom. The molecule has 0 N–H and O–H groups in total. The first-order valence-corrected chi connectivity index (χ1v) is 13.2. The van der Waals surface area contributed by atoms with Gasteiger partial charge in [-0.25, -0.2) is 8.42 Å². The first-order chi connectivity index (χ1) is 14.9. The quantitative estimate of drug-likeness (QED) is 0.555. The Labute approximate surface area is 193 Å². The van der Waals surface area contributed by atoms with Crippen molar-refractivity contribution in [1.29, 1.82) is 0 Å². The number of hydrogen-bond acceptors (Lipinski definition) is 3. The lowest BCUT2D eigenvalue weighted by Crippen LogP contribution is -2.39. The predicted octanol–water partition coefficient (Wildman–Crippen LogP) is 5.34. The molecule has 0 unspecified atom stereocenters. The van der Waals surface area contributed by atoms with E-state index in [0.717, 1.165) is 11.1 Å². The molecule has 1 aliphatic rings. The lowest BCUT2D eigenvalue weighted by molar-refractivity contribution is -0.128. The third-order valence-electron chi connectivity index (χ3n) is 6.13. The van der Waals surface area contributed by atoms with Gasteiger partial charge in [-0.2, -0.15) is 0 Å². The molecular formula is C27H35NO3S. The van der Waals surface area contributed by atoms with Crippen LogP contribution in [0.15, 0.2) is 54.6 Å². The summed E-state index contributed by atoms with van der Waals surface area (Å²) in [6, 6.07) is 16.1. The molecule has 1 fully saturated rings. The van der Waals surface area contributed by atoms with Crippen LogP contribution in [0, 0.1) is 0 Å². The standard InChI is InChI=1S/C27H35NO3S/c1-20(2)23-11-6-22(7-12-23)18-28(25-16-17-32(30,31)19-25)26(29)15-10-21-8-13-24(14-9-21)27(3,4)5/h6-15,20,25H,16-19H2,1-5H3/b15-10+/t25-/m0/s1. The van der Waals surface area contributed by atoms with Crippen LogP contribution in [0.25, 0.3) is 6.08 Å². The smallest absolute Gasteiger partial charge is 0.247 e. The molecule has 0 bridgehead atoms. The van der Waals surface area contributed by atoms with Gasteiger partial charge in [-0.1, -0.05) is 83.1 Å². The van der Waals surface area contributed by atoms with Gasteiger partial charge in [-0.05, 0) is 46.1 Å². The maximum atomic E-state index is 13.2. The zero-order valence-corrected chi connectivity index (χ0v) is 20.7. The largest absolute Gasteiger partial charge is 0.331 e. The monoisotopic (exact) mass is 453 g/mol. The maximum Gasteiger partial charge on any atom is 0.247 e. The molecule has 2 aromatic carbocycles. The van der Waals surface area contributed by atoms with Crippen LogP contribution in [-0.4, -0.2) is 36.8 Å². The average Bonchev–Trinajstić information content (AvgIpc) is 3.09. The Balaban J connectivity index is 1.79. The van der Waals surface area contributed by atoms with Gasteiger partial charge in [0.1, 0.15) is 0 Å². The van der Waals surface area contributed by atoms with Crippen LogP contribution in [-0.2, 0) is 26.6 Å². The third-order valence-corrected chi connectivity index (χ3v) is 7.88. The highest BCUT2D eigenvalue weighted by Gasteiger charge is 2.34. The SMILES string of the molecule is CC(C)c1ccc(CN(C(=O)/C=C/c2ccc(C(C)(C)C)cc2)[C@H]2CCS(=O)(=O)C2)cc1. The van der Waals surface area contributed by atoms with Crippen molar-refractivity contribution < 1.29 is 13.2 Å². The number of rotatable bonds is 6. The van der Waals surface area contributed by atoms with Crippen molar-refractivity contribution >= 4 is 21.8 Å². The van der Waals surface area contributed by atoms with E-state index in [1.54, 1.807) is 11.0 Å². The first kappa shape index (κ1) is 24.2. The molecule has 2 aromatic rings. The van der Waals surface area contributed by atoms with Gasteiger partial charge in [0.2, 0.25) is 5.91 Å². The highest BCUT2D eigenvalue weighted by molar-refractivity contribution is 7.91. The van der Waals surface area contributed by atoms with E-state index in [1.165, 1.54) is 11.1 Å². The van der Waals surface area contributed by atoms with E-state index in [9.17, 15) is 13.2 Å². The summed E-state index contributed by atoms with van der Waals surface area (Å²) in [7, 11) is -3.09. The van der Waals surface area contributed by atoms with Crippen LogP contribution in [0.1, 0.15) is 69.2 Å². The Morgan fingerprint density at radius 1 is 1.06 bits per heavy atom. The summed E-state index contributed by atoms with van der Waals surface area (Å²) in [4.78, 5) is 14.9. The van der Waals surface area contributed by atoms with Crippen molar-refractivity contribution in [2.45, 2.75) is 65.0 Å². The minimum Gasteiger partial charge on any atom is -0.331 e. The minimum atomic E-state index is -3.09. The first-order valence-electron chi connectivity index (χ1n) is 11.3. The number of nitrogens with zero attached hydrogens (tertiary/aromatic N) is 1. The summed E-state index contributed by atoms with van der Waals surface area (Å²) < 4.78 is 24.2. The van der Waals surface area contributed by atoms with Crippen LogP contribution in [0.4, 0.5) is 0 Å². The number of carbonyl (C=O) groups is 1. The van der Waals surface area contributed by atoms with Crippen LogP contribution in [0.3, 0.4) is 0 Å². The normalized spacial score (nSPS) is 18.4. The van der Waals surface area contributed by atoms with E-state index in [2.05, 4.69) is 58.9 Å². The number of benzene rings is 2. The summed E-state index contributed by atoms with van der Waals surface area (Å²) in [6.07, 6.45) is 3.87. The summed E-state index contributed by atoms with van der Waals surface area (Å²) in [5.41, 5.74) is 4.52. The lowest BCUT2D eigenvalue weighted by atomic mass is 9.87. The molecule has 32 heavy (non-hydrogen) atoms. The molecule has 4 nitrogen and oxygen atoms in total. The summed E-state index contributed by atoms with van der Waals surface area (Å²) in [5, 5.41) is 0. The number of hydrogen-bond donors (Lipinski definition) is 0. The zero-order chi connectivity index (χ0) is 23.5. The summed E-state index contributed by atoms with van der Waals surface area (Å²) in [5.74, 6) is 0.470. The zero-order valence-electron chi connectivity index (χ0n) is 19.8. The minimum absolute atomic E-state index is 0.0386. The molecule has 0 spiro atoms. The maximum absolute atomic E-state index is 13.2. The fraction of sp³-hybridized carbons (Fsp3) is 0.444. The Morgan fingerprint density at radius 2 is 1.69 bits per heavy atom. The van der Waals surface area contributed by atoms with Crippen molar-refractivity contribution in [3.8, 4) is 0 Å². The molecule has 3 rings (SSSR count). The van der Waals surface area contributed by atoms with Crippen LogP contribution in [0.2, 0.25) is 0 Å². The van der Waals surface area contributed by atoms with E-state index in [1.807, 2.05) is 30.3 Å². The number of amides is 1. The Bertz CT molecular complexity index is 1060. The molecule has 0 saturated carbocycles. The molecule has 1 heterocycles. The third kappa shape index (κ3) is 6.32. The summed E-state index contributed by atoms with van der Waals surface area (Å²) >= 11 is 0. The molecule has 172 valence electrons. The number of carbonyl (C=O) groups excluding carboxylic acids is 1. The fourth-order valence-electron chi connectivity index (χ4n) is 3.97. The van der Waals surface area contributed by atoms with E-state index in [4.69, 9.17) is 0 Å². The predicted molar refractivity (Wildman–Crippen MR) is 132 cm³/mol. The van der Waals surface area contributed by atoms with Crippen LogP contribution >= 0.6 is 0 Å². The van der Waals surface area contributed by atoms with Gasteiger partial charge in [0.05, 0.1) is 11.5 Å². The van der Waals surface area contributed by atoms with Crippen LogP contribution in [0.5, 0.6) is 0 Å². The second-order valence-electron chi connectivity index (χ2n) is 10.1.